The van der Waals surface area contributed by atoms with Crippen LogP contribution in [0.15, 0.2) is 55.1 Å². The zero-order valence-electron chi connectivity index (χ0n) is 23.5. The predicted octanol–water partition coefficient (Wildman–Crippen LogP) is 4.07. The number of hydrogen-bond acceptors (Lipinski definition) is 8. The highest BCUT2D eigenvalue weighted by Gasteiger charge is 2.39. The molecular weight excluding hydrogens is 551 g/mol. The van der Waals surface area contributed by atoms with Crippen LogP contribution >= 0.6 is 0 Å². The number of likely N-dealkylation sites (tertiary alicyclic amines) is 1. The van der Waals surface area contributed by atoms with Gasteiger partial charge in [-0.2, -0.15) is 5.10 Å². The lowest BCUT2D eigenvalue weighted by molar-refractivity contribution is 0.0699. The quantitative estimate of drug-likeness (QED) is 0.298. The third-order valence-corrected chi connectivity index (χ3v) is 7.98. The molecule has 1 aliphatic heterocycles. The smallest absolute Gasteiger partial charge is 0.410 e. The fourth-order valence-electron chi connectivity index (χ4n) is 5.72. The summed E-state index contributed by atoms with van der Waals surface area (Å²) in [7, 11) is 1.60. The van der Waals surface area contributed by atoms with Crippen molar-refractivity contribution < 1.29 is 18.7 Å². The van der Waals surface area contributed by atoms with E-state index in [9.17, 15) is 4.79 Å². The van der Waals surface area contributed by atoms with Gasteiger partial charge in [-0.3, -0.25) is 0 Å². The number of imidazole rings is 2. The zero-order valence-corrected chi connectivity index (χ0v) is 23.5. The first kappa shape index (κ1) is 26.9. The van der Waals surface area contributed by atoms with Crippen molar-refractivity contribution in [3.63, 3.8) is 0 Å². The molecule has 1 saturated carbocycles. The summed E-state index contributed by atoms with van der Waals surface area (Å²) in [6, 6.07) is 12.8. The summed E-state index contributed by atoms with van der Waals surface area (Å²) < 4.78 is 29.8. The number of benzene rings is 2. The van der Waals surface area contributed by atoms with Gasteiger partial charge in [-0.25, -0.2) is 28.7 Å². The number of nitrogens with two attached hydrogens (primary N) is 1. The van der Waals surface area contributed by atoms with E-state index in [1.807, 2.05) is 34.9 Å². The second-order valence-corrected chi connectivity index (χ2v) is 10.9. The Morgan fingerprint density at radius 1 is 1.16 bits per heavy atom. The van der Waals surface area contributed by atoms with E-state index < -0.39 is 11.9 Å². The van der Waals surface area contributed by atoms with E-state index in [1.54, 1.807) is 28.9 Å². The minimum atomic E-state index is -0.432. The van der Waals surface area contributed by atoms with Gasteiger partial charge in [0.05, 0.1) is 35.6 Å². The third-order valence-electron chi connectivity index (χ3n) is 7.98. The zero-order chi connectivity index (χ0) is 29.5. The summed E-state index contributed by atoms with van der Waals surface area (Å²) in [5.41, 5.74) is 9.56. The minimum absolute atomic E-state index is 0.166. The average Bonchev–Trinajstić information content (AvgIpc) is 3.46. The molecule has 7 rings (SSSR count). The number of ether oxygens (including phenoxy) is 2. The lowest BCUT2D eigenvalue weighted by Crippen LogP contribution is -2.38. The largest absolute Gasteiger partial charge is 0.445 e. The molecule has 3 aromatic heterocycles. The number of methoxy groups -OCH3 is 1. The van der Waals surface area contributed by atoms with E-state index in [4.69, 9.17) is 20.2 Å². The van der Waals surface area contributed by atoms with Gasteiger partial charge in [-0.15, -0.1) is 0 Å². The van der Waals surface area contributed by atoms with Crippen molar-refractivity contribution in [2.75, 3.05) is 26.0 Å². The molecule has 0 spiro atoms. The molecule has 1 aliphatic carbocycles. The number of halogens is 1. The van der Waals surface area contributed by atoms with Crippen LogP contribution in [0.2, 0.25) is 0 Å². The number of nitrogen functional groups attached to an aromatic ring is 1. The number of hydrogen-bond donors (Lipinski definition) is 1. The second-order valence-electron chi connectivity index (χ2n) is 10.9. The van der Waals surface area contributed by atoms with E-state index >= 15 is 4.39 Å². The summed E-state index contributed by atoms with van der Waals surface area (Å²) in [5, 5.41) is 4.41. The predicted molar refractivity (Wildman–Crippen MR) is 155 cm³/mol. The van der Waals surface area contributed by atoms with Gasteiger partial charge in [0.15, 0.2) is 5.82 Å². The summed E-state index contributed by atoms with van der Waals surface area (Å²) in [6.45, 7) is 0.842. The van der Waals surface area contributed by atoms with E-state index in [1.165, 1.54) is 12.4 Å². The molecule has 2 aromatic carbocycles. The molecule has 2 aliphatic rings. The Morgan fingerprint density at radius 3 is 2.79 bits per heavy atom. The van der Waals surface area contributed by atoms with Crippen LogP contribution in [0.3, 0.4) is 0 Å². The van der Waals surface area contributed by atoms with E-state index in [2.05, 4.69) is 26.9 Å². The molecule has 43 heavy (non-hydrogen) atoms. The maximum Gasteiger partial charge on any atom is 0.410 e. The molecule has 2 atom stereocenters. The van der Waals surface area contributed by atoms with Crippen molar-refractivity contribution in [2.24, 2.45) is 0 Å². The van der Waals surface area contributed by atoms with Crippen LogP contribution in [-0.4, -0.2) is 66.4 Å². The molecule has 1 saturated heterocycles. The Morgan fingerprint density at radius 2 is 2.00 bits per heavy atom. The van der Waals surface area contributed by atoms with Crippen molar-refractivity contribution in [3.05, 3.63) is 83.6 Å². The topological polar surface area (TPSA) is 126 Å². The van der Waals surface area contributed by atoms with Gasteiger partial charge in [-0.1, -0.05) is 36.3 Å². The number of fused-ring (bicyclic) bond motifs is 2. The van der Waals surface area contributed by atoms with Crippen LogP contribution in [0.1, 0.15) is 53.9 Å². The number of aromatic nitrogens is 6. The first-order valence-corrected chi connectivity index (χ1v) is 14.1. The Balaban J connectivity index is 1.18. The molecule has 5 aromatic rings. The molecule has 2 N–H and O–H groups in total. The van der Waals surface area contributed by atoms with Gasteiger partial charge in [0.1, 0.15) is 35.8 Å². The van der Waals surface area contributed by atoms with Crippen molar-refractivity contribution in [3.8, 4) is 11.8 Å². The van der Waals surface area contributed by atoms with E-state index in [-0.39, 0.29) is 29.9 Å². The fraction of sp³-hybridized carbons (Fsp3) is 0.323. The third kappa shape index (κ3) is 5.12. The summed E-state index contributed by atoms with van der Waals surface area (Å²) >= 11 is 0. The Labute approximate surface area is 246 Å². The van der Waals surface area contributed by atoms with Crippen LogP contribution in [-0.2, 0) is 16.1 Å². The van der Waals surface area contributed by atoms with Gasteiger partial charge in [0.25, 0.3) is 0 Å². The van der Waals surface area contributed by atoms with Gasteiger partial charge in [-0.05, 0) is 36.8 Å². The molecule has 4 heterocycles. The number of amides is 1. The van der Waals surface area contributed by atoms with Crippen LogP contribution in [0, 0.1) is 17.7 Å². The van der Waals surface area contributed by atoms with Crippen molar-refractivity contribution in [1.29, 1.82) is 0 Å². The highest BCUT2D eigenvalue weighted by molar-refractivity contribution is 5.78. The van der Waals surface area contributed by atoms with Crippen LogP contribution in [0.25, 0.3) is 16.6 Å². The first-order chi connectivity index (χ1) is 21.0. The monoisotopic (exact) mass is 580 g/mol. The molecule has 1 amide bonds. The average molecular weight is 581 g/mol. The molecule has 218 valence electrons. The number of carbonyl (C=O) groups excluding carboxylic acids is 1. The molecule has 0 bridgehead atoms. The molecule has 12 heteroatoms. The van der Waals surface area contributed by atoms with Crippen molar-refractivity contribution in [1.82, 2.24) is 34.0 Å². The van der Waals surface area contributed by atoms with E-state index in [0.29, 0.717) is 48.2 Å². The molecule has 0 radical (unpaired) electrons. The van der Waals surface area contributed by atoms with Gasteiger partial charge in [0.2, 0.25) is 0 Å². The Hall–Kier alpha value is -5.02. The number of rotatable bonds is 6. The number of nitrogens with zero attached hydrogens (tertiary/aromatic N) is 7. The summed E-state index contributed by atoms with van der Waals surface area (Å²) in [4.78, 5) is 28.2. The maximum atomic E-state index is 15.1. The molecule has 1 unspecified atom stereocenters. The van der Waals surface area contributed by atoms with Crippen LogP contribution < -0.4 is 5.73 Å². The van der Waals surface area contributed by atoms with Crippen molar-refractivity contribution >= 4 is 28.5 Å². The van der Waals surface area contributed by atoms with Gasteiger partial charge >= 0.3 is 6.09 Å². The molecule has 2 fully saturated rings. The first-order valence-electron chi connectivity index (χ1n) is 14.1. The number of anilines is 1. The highest BCUT2D eigenvalue weighted by Crippen LogP contribution is 2.37. The fourth-order valence-corrected chi connectivity index (χ4v) is 5.72. The summed E-state index contributed by atoms with van der Waals surface area (Å²) in [6.07, 6.45) is 5.40. The number of carbonyl (C=O) groups is 1. The van der Waals surface area contributed by atoms with Crippen LogP contribution in [0.5, 0.6) is 0 Å². The van der Waals surface area contributed by atoms with Crippen LogP contribution in [0.4, 0.5) is 15.0 Å². The highest BCUT2D eigenvalue weighted by atomic mass is 19.1. The van der Waals surface area contributed by atoms with E-state index in [0.717, 1.165) is 23.9 Å². The SMILES string of the molecule is COC[C@H]1CC(c2nc(C#Cc3cc4ncn(C5CC5)c4cc3F)c3c(N)ncnn23)CN1C(=O)OCc1ccccc1. The Bertz CT molecular complexity index is 1890. The van der Waals surface area contributed by atoms with Gasteiger partial charge < -0.3 is 24.7 Å². The minimum Gasteiger partial charge on any atom is -0.445 e. The van der Waals surface area contributed by atoms with Gasteiger partial charge in [0, 0.05) is 31.7 Å². The molecule has 11 nitrogen and oxygen atoms in total. The second kappa shape index (κ2) is 11.0. The Kier molecular flexibility index (Phi) is 6.87. The van der Waals surface area contributed by atoms with Crippen molar-refractivity contribution in [2.45, 2.75) is 43.9 Å². The normalized spacial score (nSPS) is 18.2. The standard InChI is InChI=1S/C31H29FN8O3/c1-42-16-23-11-21(14-38(23)31(41)43-15-19-5-3-2-4-6-19)30-37-25(28-29(33)34-17-36-40(28)30)10-7-20-12-26-27(13-24(20)32)39(18-35-26)22-8-9-22/h2-6,12-13,17-18,21-23H,8-9,11,14-16H2,1H3,(H2,33,34,36)/t21?,23-/m1/s1. The maximum absolute atomic E-state index is 15.1. The molecular formula is C31H29FN8O3. The summed E-state index contributed by atoms with van der Waals surface area (Å²) in [5.74, 6) is 6.05. The lowest BCUT2D eigenvalue weighted by Gasteiger charge is -2.23. The lowest BCUT2D eigenvalue weighted by atomic mass is 10.1.